The van der Waals surface area contributed by atoms with Gasteiger partial charge < -0.3 is 9.64 Å². The maximum atomic E-state index is 14.6. The van der Waals surface area contributed by atoms with Crippen LogP contribution in [0.3, 0.4) is 0 Å². The molecular formula is C22H29F2IN4O3Si. The second-order valence-electron chi connectivity index (χ2n) is 9.47. The van der Waals surface area contributed by atoms with Gasteiger partial charge in [0.2, 0.25) is 5.91 Å². The molecule has 1 aromatic carbocycles. The molecule has 3 amide bonds. The van der Waals surface area contributed by atoms with E-state index in [4.69, 9.17) is 4.74 Å². The summed E-state index contributed by atoms with van der Waals surface area (Å²) in [6, 6.07) is 2.43. The molecule has 0 aliphatic carbocycles. The number of urea groups is 1. The third-order valence-electron chi connectivity index (χ3n) is 5.99. The number of hydrogen-bond acceptors (Lipinski definition) is 4. The Morgan fingerprint density at radius 1 is 1.21 bits per heavy atom. The molecule has 3 rings (SSSR count). The summed E-state index contributed by atoms with van der Waals surface area (Å²) < 4.78 is 36.8. The Bertz CT molecular complexity index is 1040. The fraction of sp³-hybridized carbons (Fsp3) is 0.500. The third-order valence-corrected chi connectivity index (χ3v) is 8.32. The summed E-state index contributed by atoms with van der Waals surface area (Å²) in [4.78, 5) is 28.3. The van der Waals surface area contributed by atoms with E-state index in [1.165, 1.54) is 11.9 Å². The van der Waals surface area contributed by atoms with Crippen molar-refractivity contribution in [3.8, 4) is 0 Å². The average Bonchev–Trinajstić information content (AvgIpc) is 3.18. The van der Waals surface area contributed by atoms with Crippen molar-refractivity contribution in [2.45, 2.75) is 57.7 Å². The van der Waals surface area contributed by atoms with Crippen LogP contribution in [0.4, 0.5) is 19.3 Å². The topological polar surface area (TPSA) is 67.7 Å². The highest BCUT2D eigenvalue weighted by Gasteiger charge is 2.50. The van der Waals surface area contributed by atoms with Gasteiger partial charge in [-0.15, -0.1) is 0 Å². The van der Waals surface area contributed by atoms with Crippen LogP contribution >= 0.6 is 22.6 Å². The SMILES string of the molecule is CCC1(c2cnn(COCC[Si](C)(C)C)c2)CC(=O)N(c2c(F)cc(I)cc2F)C(=O)N1C. The van der Waals surface area contributed by atoms with Gasteiger partial charge in [-0.1, -0.05) is 26.6 Å². The molecule has 0 saturated carbocycles. The van der Waals surface area contributed by atoms with Gasteiger partial charge >= 0.3 is 6.03 Å². The van der Waals surface area contributed by atoms with Crippen molar-refractivity contribution in [3.05, 3.63) is 45.3 Å². The van der Waals surface area contributed by atoms with Gasteiger partial charge in [-0.3, -0.25) is 4.79 Å². The van der Waals surface area contributed by atoms with Crippen molar-refractivity contribution in [2.24, 2.45) is 0 Å². The molecule has 2 aromatic rings. The maximum absolute atomic E-state index is 14.6. The van der Waals surface area contributed by atoms with E-state index in [-0.39, 0.29) is 13.2 Å². The lowest BCUT2D eigenvalue weighted by atomic mass is 9.82. The third kappa shape index (κ3) is 5.29. The zero-order valence-corrected chi connectivity index (χ0v) is 22.6. The number of halogens is 3. The summed E-state index contributed by atoms with van der Waals surface area (Å²) in [5.41, 5.74) is -0.947. The van der Waals surface area contributed by atoms with E-state index in [0.29, 0.717) is 27.1 Å². The second kappa shape index (κ2) is 9.78. The molecule has 33 heavy (non-hydrogen) atoms. The van der Waals surface area contributed by atoms with Crippen LogP contribution in [-0.4, -0.2) is 48.3 Å². The number of hydrogen-bond donors (Lipinski definition) is 0. The average molecular weight is 590 g/mol. The van der Waals surface area contributed by atoms with E-state index >= 15 is 0 Å². The number of imide groups is 1. The predicted octanol–water partition coefficient (Wildman–Crippen LogP) is 5.17. The van der Waals surface area contributed by atoms with Crippen LogP contribution in [0.25, 0.3) is 0 Å². The van der Waals surface area contributed by atoms with Crippen molar-refractivity contribution >= 4 is 48.3 Å². The van der Waals surface area contributed by atoms with Crippen LogP contribution in [0.2, 0.25) is 25.7 Å². The summed E-state index contributed by atoms with van der Waals surface area (Å²) in [6.07, 6.45) is 3.67. The number of benzene rings is 1. The first-order valence-corrected chi connectivity index (χ1v) is 15.5. The first-order chi connectivity index (χ1) is 15.4. The van der Waals surface area contributed by atoms with Crippen LogP contribution in [0.1, 0.15) is 25.3 Å². The van der Waals surface area contributed by atoms with E-state index in [2.05, 4.69) is 24.7 Å². The first kappa shape index (κ1) is 25.8. The molecule has 2 heterocycles. The molecule has 0 radical (unpaired) electrons. The zero-order chi connectivity index (χ0) is 24.6. The van der Waals surface area contributed by atoms with E-state index < -0.39 is 42.9 Å². The Hall–Kier alpha value is -1.86. The Kier molecular flexibility index (Phi) is 7.64. The molecule has 0 spiro atoms. The van der Waals surface area contributed by atoms with Crippen LogP contribution < -0.4 is 4.90 Å². The van der Waals surface area contributed by atoms with Crippen molar-refractivity contribution in [1.29, 1.82) is 0 Å². The summed E-state index contributed by atoms with van der Waals surface area (Å²) >= 11 is 1.77. The number of anilines is 1. The molecule has 1 aromatic heterocycles. The largest absolute Gasteiger partial charge is 0.360 e. The van der Waals surface area contributed by atoms with E-state index in [1.54, 1.807) is 39.7 Å². The number of carbonyl (C=O) groups is 2. The van der Waals surface area contributed by atoms with E-state index in [9.17, 15) is 18.4 Å². The lowest BCUT2D eigenvalue weighted by Crippen LogP contribution is -2.61. The smallest absolute Gasteiger partial charge is 0.332 e. The Morgan fingerprint density at radius 3 is 2.42 bits per heavy atom. The number of amides is 3. The first-order valence-electron chi connectivity index (χ1n) is 10.8. The van der Waals surface area contributed by atoms with Crippen LogP contribution in [0.5, 0.6) is 0 Å². The number of ether oxygens (including phenoxy) is 1. The van der Waals surface area contributed by atoms with Gasteiger partial charge in [0.15, 0.2) is 11.6 Å². The summed E-state index contributed by atoms with van der Waals surface area (Å²) in [6.45, 7) is 9.59. The van der Waals surface area contributed by atoms with Crippen molar-refractivity contribution in [2.75, 3.05) is 18.6 Å². The Labute approximate surface area is 207 Å². The Balaban J connectivity index is 1.84. The van der Waals surface area contributed by atoms with E-state index in [1.807, 2.05) is 6.92 Å². The quantitative estimate of drug-likeness (QED) is 0.242. The molecule has 7 nitrogen and oxygen atoms in total. The monoisotopic (exact) mass is 590 g/mol. The normalized spacial score (nSPS) is 19.5. The molecule has 1 atom stereocenters. The molecule has 1 fully saturated rings. The number of nitrogens with zero attached hydrogens (tertiary/aromatic N) is 4. The van der Waals surface area contributed by atoms with Gasteiger partial charge in [0.25, 0.3) is 0 Å². The van der Waals surface area contributed by atoms with E-state index in [0.717, 1.165) is 18.2 Å². The molecule has 0 N–H and O–H groups in total. The van der Waals surface area contributed by atoms with Gasteiger partial charge in [-0.2, -0.15) is 5.10 Å². The molecule has 1 saturated heterocycles. The van der Waals surface area contributed by atoms with Crippen LogP contribution in [0, 0.1) is 15.2 Å². The van der Waals surface area contributed by atoms with Crippen molar-refractivity contribution < 1.29 is 23.1 Å². The highest BCUT2D eigenvalue weighted by Crippen LogP contribution is 2.41. The molecule has 1 unspecified atom stereocenters. The van der Waals surface area contributed by atoms with Crippen molar-refractivity contribution in [3.63, 3.8) is 0 Å². The zero-order valence-electron chi connectivity index (χ0n) is 19.5. The number of aromatic nitrogens is 2. The highest BCUT2D eigenvalue weighted by atomic mass is 127. The maximum Gasteiger partial charge on any atom is 0.332 e. The lowest BCUT2D eigenvalue weighted by molar-refractivity contribution is -0.122. The lowest BCUT2D eigenvalue weighted by Gasteiger charge is -2.46. The highest BCUT2D eigenvalue weighted by molar-refractivity contribution is 14.1. The van der Waals surface area contributed by atoms with Gasteiger partial charge in [0, 0.05) is 37.1 Å². The molecule has 0 bridgehead atoms. The molecule has 1 aliphatic rings. The van der Waals surface area contributed by atoms with Gasteiger partial charge in [0.1, 0.15) is 12.4 Å². The molecule has 11 heteroatoms. The minimum atomic E-state index is -1.20. The molecule has 1 aliphatic heterocycles. The number of carbonyl (C=O) groups excluding carboxylic acids is 2. The summed E-state index contributed by atoms with van der Waals surface area (Å²) in [5, 5.41) is 4.34. The minimum absolute atomic E-state index is 0.126. The predicted molar refractivity (Wildman–Crippen MR) is 133 cm³/mol. The van der Waals surface area contributed by atoms with Crippen LogP contribution in [-0.2, 0) is 21.8 Å². The standard InChI is InChI=1S/C22H29F2IN4O3Si/c1-6-22(15-12-26-28(13-15)14-32-7-8-33(3,4)5)11-19(30)29(21(31)27(22)2)20-17(23)9-16(25)10-18(20)24/h9-10,12-13H,6-8,11,14H2,1-5H3. The van der Waals surface area contributed by atoms with Gasteiger partial charge in [-0.25, -0.2) is 23.2 Å². The molecular weight excluding hydrogens is 561 g/mol. The van der Waals surface area contributed by atoms with Crippen molar-refractivity contribution in [1.82, 2.24) is 14.7 Å². The summed E-state index contributed by atoms with van der Waals surface area (Å²) in [7, 11) is 0.337. The molecule has 180 valence electrons. The second-order valence-corrected chi connectivity index (χ2v) is 16.3. The minimum Gasteiger partial charge on any atom is -0.360 e. The summed E-state index contributed by atoms with van der Waals surface area (Å²) in [5.74, 6) is -2.58. The van der Waals surface area contributed by atoms with Gasteiger partial charge in [0.05, 0.1) is 18.2 Å². The Morgan fingerprint density at radius 2 is 1.85 bits per heavy atom. The fourth-order valence-electron chi connectivity index (χ4n) is 3.93. The number of rotatable bonds is 8. The van der Waals surface area contributed by atoms with Gasteiger partial charge in [-0.05, 0) is 47.2 Å². The van der Waals surface area contributed by atoms with Crippen LogP contribution in [0.15, 0.2) is 24.5 Å². The fourth-order valence-corrected chi connectivity index (χ4v) is 5.23.